The van der Waals surface area contributed by atoms with Gasteiger partial charge in [0.25, 0.3) is 0 Å². The lowest BCUT2D eigenvalue weighted by atomic mass is 10.3. The minimum Gasteiger partial charge on any atom is -0.480 e. The van der Waals surface area contributed by atoms with Crippen LogP contribution < -0.4 is 5.32 Å². The monoisotopic (exact) mass is 313 g/mol. The fourth-order valence-corrected chi connectivity index (χ4v) is 2.53. The van der Waals surface area contributed by atoms with Crippen molar-refractivity contribution in [3.05, 3.63) is 28.3 Å². The smallest absolute Gasteiger partial charge is 0.322 e. The van der Waals surface area contributed by atoms with Crippen LogP contribution in [0.3, 0.4) is 0 Å². The maximum Gasteiger partial charge on any atom is 0.322 e. The molecule has 0 spiro atoms. The lowest BCUT2D eigenvalue weighted by Crippen LogP contribution is -2.14. The van der Waals surface area contributed by atoms with Crippen LogP contribution in [0.25, 0.3) is 10.4 Å². The second-order valence-corrected chi connectivity index (χ2v) is 5.61. The summed E-state index contributed by atoms with van der Waals surface area (Å²) in [6.45, 7) is -0.191. The van der Waals surface area contributed by atoms with Gasteiger partial charge in [-0.15, -0.1) is 11.3 Å². The van der Waals surface area contributed by atoms with E-state index in [4.69, 9.17) is 5.11 Å². The fourth-order valence-electron chi connectivity index (χ4n) is 1.17. The molecule has 2 heterocycles. The number of nitrogens with zero attached hydrogens (tertiary/aromatic N) is 2. The van der Waals surface area contributed by atoms with E-state index in [1.165, 1.54) is 0 Å². The van der Waals surface area contributed by atoms with Crippen molar-refractivity contribution in [2.75, 3.05) is 11.9 Å². The van der Waals surface area contributed by atoms with Crippen LogP contribution in [-0.2, 0) is 4.79 Å². The topological polar surface area (TPSA) is 75.1 Å². The van der Waals surface area contributed by atoms with E-state index in [2.05, 4.69) is 31.2 Å². The molecule has 0 amide bonds. The minimum atomic E-state index is -0.945. The van der Waals surface area contributed by atoms with Gasteiger partial charge in [-0.1, -0.05) is 0 Å². The average molecular weight is 314 g/mol. The summed E-state index contributed by atoms with van der Waals surface area (Å²) in [4.78, 5) is 19.5. The largest absolute Gasteiger partial charge is 0.480 e. The van der Waals surface area contributed by atoms with E-state index in [1.807, 2.05) is 12.1 Å². The molecule has 2 aromatic rings. The maximum atomic E-state index is 10.3. The number of carboxylic acids is 1. The van der Waals surface area contributed by atoms with Crippen LogP contribution in [0.1, 0.15) is 0 Å². The Morgan fingerprint density at radius 3 is 2.65 bits per heavy atom. The Morgan fingerprint density at radius 1 is 1.41 bits per heavy atom. The average Bonchev–Trinajstić information content (AvgIpc) is 2.74. The van der Waals surface area contributed by atoms with Crippen molar-refractivity contribution in [2.24, 2.45) is 0 Å². The number of carbonyl (C=O) groups is 1. The van der Waals surface area contributed by atoms with Crippen molar-refractivity contribution in [3.63, 3.8) is 0 Å². The Bertz CT molecular complexity index is 527. The third-order valence-electron chi connectivity index (χ3n) is 1.91. The van der Waals surface area contributed by atoms with Crippen LogP contribution >= 0.6 is 27.3 Å². The van der Waals surface area contributed by atoms with Crippen molar-refractivity contribution < 1.29 is 9.90 Å². The highest BCUT2D eigenvalue weighted by Crippen LogP contribution is 2.30. The van der Waals surface area contributed by atoms with Gasteiger partial charge < -0.3 is 10.4 Å². The van der Waals surface area contributed by atoms with Crippen LogP contribution in [0, 0.1) is 0 Å². The Kier molecular flexibility index (Phi) is 3.70. The van der Waals surface area contributed by atoms with Gasteiger partial charge >= 0.3 is 5.97 Å². The molecule has 0 aliphatic heterocycles. The highest BCUT2D eigenvalue weighted by atomic mass is 79.9. The molecule has 5 nitrogen and oxygen atoms in total. The first-order chi connectivity index (χ1) is 8.15. The second kappa shape index (κ2) is 5.24. The van der Waals surface area contributed by atoms with Gasteiger partial charge in [0.05, 0.1) is 3.79 Å². The van der Waals surface area contributed by atoms with E-state index in [0.29, 0.717) is 5.95 Å². The third kappa shape index (κ3) is 3.24. The molecule has 0 saturated heterocycles. The summed E-state index contributed by atoms with van der Waals surface area (Å²) >= 11 is 4.97. The number of hydrogen-bond donors (Lipinski definition) is 2. The van der Waals surface area contributed by atoms with Gasteiger partial charge in [-0.25, -0.2) is 9.97 Å². The van der Waals surface area contributed by atoms with Crippen molar-refractivity contribution in [1.29, 1.82) is 0 Å². The Morgan fingerprint density at radius 2 is 2.12 bits per heavy atom. The van der Waals surface area contributed by atoms with E-state index in [9.17, 15) is 4.79 Å². The van der Waals surface area contributed by atoms with E-state index < -0.39 is 5.97 Å². The summed E-state index contributed by atoms with van der Waals surface area (Å²) in [5, 5.41) is 11.1. The number of halogens is 1. The van der Waals surface area contributed by atoms with E-state index in [1.54, 1.807) is 23.7 Å². The molecule has 17 heavy (non-hydrogen) atoms. The minimum absolute atomic E-state index is 0.191. The number of nitrogens with one attached hydrogen (secondary N) is 1. The zero-order valence-corrected chi connectivity index (χ0v) is 11.0. The lowest BCUT2D eigenvalue weighted by Gasteiger charge is -2.01. The summed E-state index contributed by atoms with van der Waals surface area (Å²) in [5.74, 6) is -0.633. The first-order valence-electron chi connectivity index (χ1n) is 4.68. The molecule has 0 fully saturated rings. The molecule has 0 unspecified atom stereocenters. The van der Waals surface area contributed by atoms with Crippen molar-refractivity contribution in [3.8, 4) is 10.4 Å². The predicted molar refractivity (Wildman–Crippen MR) is 69.2 cm³/mol. The van der Waals surface area contributed by atoms with Crippen molar-refractivity contribution >= 4 is 39.2 Å². The Balaban J connectivity index is 2.10. The molecule has 0 atom stereocenters. The van der Waals surface area contributed by atoms with Crippen LogP contribution in [0.15, 0.2) is 28.3 Å². The predicted octanol–water partition coefficient (Wildman–Crippen LogP) is 2.46. The van der Waals surface area contributed by atoms with Crippen LogP contribution in [-0.4, -0.2) is 27.6 Å². The molecule has 0 aliphatic carbocycles. The first kappa shape index (κ1) is 12.0. The summed E-state index contributed by atoms with van der Waals surface area (Å²) in [6, 6.07) is 3.92. The zero-order chi connectivity index (χ0) is 12.3. The fraction of sp³-hybridized carbons (Fsp3) is 0.100. The molecule has 88 valence electrons. The Labute approximate surface area is 110 Å². The van der Waals surface area contributed by atoms with Gasteiger partial charge in [0.15, 0.2) is 0 Å². The highest BCUT2D eigenvalue weighted by molar-refractivity contribution is 9.11. The van der Waals surface area contributed by atoms with Gasteiger partial charge in [-0.2, -0.15) is 0 Å². The van der Waals surface area contributed by atoms with E-state index >= 15 is 0 Å². The van der Waals surface area contributed by atoms with Gasteiger partial charge in [0.1, 0.15) is 6.54 Å². The number of carboxylic acid groups (broad SMARTS) is 1. The number of thiophene rings is 1. The van der Waals surface area contributed by atoms with Gasteiger partial charge in [0.2, 0.25) is 5.95 Å². The van der Waals surface area contributed by atoms with E-state index in [0.717, 1.165) is 14.2 Å². The summed E-state index contributed by atoms with van der Waals surface area (Å²) in [7, 11) is 0. The standard InChI is InChI=1S/C10H8BrN3O2S/c11-8-2-1-7(17-8)6-3-12-10(13-4-6)14-5-9(15)16/h1-4H,5H2,(H,15,16)(H,12,13,14). The summed E-state index contributed by atoms with van der Waals surface area (Å²) in [6.07, 6.45) is 3.32. The molecule has 2 aromatic heterocycles. The highest BCUT2D eigenvalue weighted by Gasteiger charge is 2.04. The third-order valence-corrected chi connectivity index (χ3v) is 3.58. The number of hydrogen-bond acceptors (Lipinski definition) is 5. The number of aromatic nitrogens is 2. The maximum absolute atomic E-state index is 10.3. The summed E-state index contributed by atoms with van der Waals surface area (Å²) in [5.41, 5.74) is 0.904. The number of aliphatic carboxylic acids is 1. The molecule has 0 aliphatic rings. The van der Waals surface area contributed by atoms with Crippen LogP contribution in [0.2, 0.25) is 0 Å². The number of anilines is 1. The molecule has 0 aromatic carbocycles. The van der Waals surface area contributed by atoms with Gasteiger partial charge in [-0.3, -0.25) is 4.79 Å². The zero-order valence-electron chi connectivity index (χ0n) is 8.55. The molecule has 0 radical (unpaired) electrons. The quantitative estimate of drug-likeness (QED) is 0.907. The second-order valence-electron chi connectivity index (χ2n) is 3.15. The molecule has 0 saturated carbocycles. The van der Waals surface area contributed by atoms with Gasteiger partial charge in [0, 0.05) is 22.8 Å². The van der Waals surface area contributed by atoms with Crippen LogP contribution in [0.5, 0.6) is 0 Å². The molecular formula is C10H8BrN3O2S. The van der Waals surface area contributed by atoms with E-state index in [-0.39, 0.29) is 6.54 Å². The molecular weight excluding hydrogens is 306 g/mol. The first-order valence-corrected chi connectivity index (χ1v) is 6.29. The Hall–Kier alpha value is -1.47. The lowest BCUT2D eigenvalue weighted by molar-refractivity contribution is -0.134. The van der Waals surface area contributed by atoms with Crippen molar-refractivity contribution in [1.82, 2.24) is 9.97 Å². The molecule has 2 rings (SSSR count). The van der Waals surface area contributed by atoms with Gasteiger partial charge in [-0.05, 0) is 28.1 Å². The summed E-state index contributed by atoms with van der Waals surface area (Å²) < 4.78 is 1.04. The molecule has 0 bridgehead atoms. The SMILES string of the molecule is O=C(O)CNc1ncc(-c2ccc(Br)s2)cn1. The van der Waals surface area contributed by atoms with Crippen molar-refractivity contribution in [2.45, 2.75) is 0 Å². The molecule has 2 N–H and O–H groups in total. The van der Waals surface area contributed by atoms with Crippen LogP contribution in [0.4, 0.5) is 5.95 Å². The molecule has 7 heteroatoms. The normalized spacial score (nSPS) is 10.2. The number of rotatable bonds is 4.